The van der Waals surface area contributed by atoms with Gasteiger partial charge >= 0.3 is 12.4 Å². The van der Waals surface area contributed by atoms with E-state index in [-0.39, 0.29) is 16.8 Å². The van der Waals surface area contributed by atoms with Crippen molar-refractivity contribution in [1.82, 2.24) is 4.98 Å². The second kappa shape index (κ2) is 7.89. The standard InChI is InChI=1S/C23H27F6N/c1-14-9-19(30-13-17(14)11-20(2,3)4)15-7-8-16(12-22(24,25)26)18(10-15)21(5,6)23(27,28)29/h7-10,13H,11-12H2,1-6H3/i1D3,11D2,12D2. The minimum absolute atomic E-state index is 0.192. The van der Waals surface area contributed by atoms with Crippen molar-refractivity contribution in [3.8, 4) is 11.3 Å². The molecule has 0 spiro atoms. The average molecular weight is 439 g/mol. The normalized spacial score (nSPS) is 18.4. The monoisotopic (exact) mass is 438 g/mol. The van der Waals surface area contributed by atoms with Crippen LogP contribution < -0.4 is 0 Å². The number of hydrogen-bond acceptors (Lipinski definition) is 1. The van der Waals surface area contributed by atoms with Crippen molar-refractivity contribution in [1.29, 1.82) is 0 Å². The number of benzene rings is 1. The number of halogens is 6. The number of pyridine rings is 1. The predicted molar refractivity (Wildman–Crippen MR) is 106 cm³/mol. The summed E-state index contributed by atoms with van der Waals surface area (Å²) < 4.78 is 138. The molecule has 0 saturated carbocycles. The number of rotatable bonds is 4. The van der Waals surface area contributed by atoms with E-state index in [1.807, 2.05) is 0 Å². The van der Waals surface area contributed by atoms with E-state index in [0.717, 1.165) is 24.4 Å². The summed E-state index contributed by atoms with van der Waals surface area (Å²) in [4.78, 5) is 4.04. The first-order valence-electron chi connectivity index (χ1n) is 12.5. The molecule has 0 atom stereocenters. The lowest BCUT2D eigenvalue weighted by molar-refractivity contribution is -0.181. The maximum Gasteiger partial charge on any atom is 0.397 e. The third-order valence-electron chi connectivity index (χ3n) is 4.39. The summed E-state index contributed by atoms with van der Waals surface area (Å²) in [5.74, 6) is 0. The van der Waals surface area contributed by atoms with Crippen LogP contribution in [-0.2, 0) is 18.2 Å². The van der Waals surface area contributed by atoms with Gasteiger partial charge in [0.25, 0.3) is 0 Å². The highest BCUT2D eigenvalue weighted by Crippen LogP contribution is 2.44. The summed E-state index contributed by atoms with van der Waals surface area (Å²) >= 11 is 0. The Morgan fingerprint density at radius 3 is 2.03 bits per heavy atom. The molecular formula is C23H27F6N. The Balaban J connectivity index is 2.91. The van der Waals surface area contributed by atoms with Crippen LogP contribution in [0.2, 0.25) is 0 Å². The van der Waals surface area contributed by atoms with Gasteiger partial charge in [-0.2, -0.15) is 26.3 Å². The molecule has 1 aromatic heterocycles. The van der Waals surface area contributed by atoms with Gasteiger partial charge in [-0.25, -0.2) is 0 Å². The molecule has 0 N–H and O–H groups in total. The summed E-state index contributed by atoms with van der Waals surface area (Å²) in [5, 5.41) is 0. The van der Waals surface area contributed by atoms with E-state index in [1.165, 1.54) is 0 Å². The van der Waals surface area contributed by atoms with Gasteiger partial charge in [0.1, 0.15) is 0 Å². The summed E-state index contributed by atoms with van der Waals surface area (Å²) in [7, 11) is 0. The van der Waals surface area contributed by atoms with Gasteiger partial charge in [0.15, 0.2) is 0 Å². The molecule has 2 aromatic rings. The zero-order chi connectivity index (χ0) is 29.2. The molecule has 166 valence electrons. The van der Waals surface area contributed by atoms with E-state index >= 15 is 0 Å². The number of alkyl halides is 6. The minimum atomic E-state index is -5.52. The number of hydrogen-bond donors (Lipinski definition) is 0. The van der Waals surface area contributed by atoms with Gasteiger partial charge in [-0.05, 0) is 66.9 Å². The minimum Gasteiger partial charge on any atom is -0.256 e. The van der Waals surface area contributed by atoms with E-state index in [1.54, 1.807) is 20.8 Å². The summed E-state index contributed by atoms with van der Waals surface area (Å²) in [6, 6.07) is 3.21. The largest absolute Gasteiger partial charge is 0.397 e. The topological polar surface area (TPSA) is 12.9 Å². The zero-order valence-electron chi connectivity index (χ0n) is 24.1. The predicted octanol–water partition coefficient (Wildman–Crippen LogP) is 7.59. The van der Waals surface area contributed by atoms with Gasteiger partial charge in [0, 0.05) is 21.4 Å². The molecule has 0 aliphatic carbocycles. The van der Waals surface area contributed by atoms with Crippen molar-refractivity contribution in [2.75, 3.05) is 0 Å². The van der Waals surface area contributed by atoms with E-state index < -0.39 is 59.5 Å². The lowest BCUT2D eigenvalue weighted by Gasteiger charge is -2.31. The van der Waals surface area contributed by atoms with Crippen LogP contribution in [0.1, 0.15) is 66.5 Å². The Kier molecular flexibility index (Phi) is 4.13. The fourth-order valence-electron chi connectivity index (χ4n) is 2.75. The lowest BCUT2D eigenvalue weighted by Crippen LogP contribution is -2.37. The molecule has 1 heterocycles. The van der Waals surface area contributed by atoms with E-state index in [9.17, 15) is 26.3 Å². The van der Waals surface area contributed by atoms with Gasteiger partial charge < -0.3 is 0 Å². The van der Waals surface area contributed by atoms with Gasteiger partial charge in [-0.3, -0.25) is 4.98 Å². The molecule has 0 unspecified atom stereocenters. The number of aryl methyl sites for hydroxylation is 1. The van der Waals surface area contributed by atoms with Crippen LogP contribution in [0, 0.1) is 12.3 Å². The van der Waals surface area contributed by atoms with Crippen molar-refractivity contribution >= 4 is 0 Å². The molecule has 0 bridgehead atoms. The van der Waals surface area contributed by atoms with Crippen LogP contribution in [0.25, 0.3) is 11.3 Å². The van der Waals surface area contributed by atoms with Crippen LogP contribution in [0.15, 0.2) is 30.5 Å². The maximum atomic E-state index is 13.9. The van der Waals surface area contributed by atoms with Crippen LogP contribution in [0.3, 0.4) is 0 Å². The second-order valence-corrected chi connectivity index (χ2v) is 8.50. The third kappa shape index (κ3) is 5.76. The van der Waals surface area contributed by atoms with Crippen LogP contribution >= 0.6 is 0 Å². The molecule has 1 aromatic carbocycles. The van der Waals surface area contributed by atoms with Crippen molar-refractivity contribution in [3.63, 3.8) is 0 Å². The van der Waals surface area contributed by atoms with Gasteiger partial charge in [0.2, 0.25) is 0 Å². The summed E-state index contributed by atoms with van der Waals surface area (Å²) in [6.45, 7) is 3.01. The Morgan fingerprint density at radius 2 is 1.53 bits per heavy atom. The Morgan fingerprint density at radius 1 is 0.900 bits per heavy atom. The van der Waals surface area contributed by atoms with E-state index in [0.29, 0.717) is 19.9 Å². The fraction of sp³-hybridized carbons (Fsp3) is 0.522. The van der Waals surface area contributed by atoms with E-state index in [4.69, 9.17) is 9.60 Å². The SMILES string of the molecule is [2H]C([2H])([2H])c1cc(-c2ccc(C([2H])([2H])C(F)(F)F)c(C(C)(C)C(F)(F)F)c2)ncc1C([2H])([2H])C(C)(C)C. The summed E-state index contributed by atoms with van der Waals surface area (Å²) in [5.41, 5.74) is -7.35. The number of nitrogens with zero attached hydrogens (tertiary/aromatic N) is 1. The fourth-order valence-corrected chi connectivity index (χ4v) is 2.75. The molecule has 0 fully saturated rings. The van der Waals surface area contributed by atoms with Crippen LogP contribution in [0.5, 0.6) is 0 Å². The molecule has 2 rings (SSSR count). The van der Waals surface area contributed by atoms with Crippen LogP contribution in [-0.4, -0.2) is 17.3 Å². The molecule has 0 aliphatic heterocycles. The highest BCUT2D eigenvalue weighted by atomic mass is 19.4. The molecule has 0 amide bonds. The average Bonchev–Trinajstić information content (AvgIpc) is 2.69. The highest BCUT2D eigenvalue weighted by molar-refractivity contribution is 5.63. The van der Waals surface area contributed by atoms with Crippen molar-refractivity contribution < 1.29 is 35.9 Å². The van der Waals surface area contributed by atoms with Crippen LogP contribution in [0.4, 0.5) is 26.3 Å². The van der Waals surface area contributed by atoms with Crippen molar-refractivity contribution in [2.24, 2.45) is 5.41 Å². The molecule has 0 saturated heterocycles. The zero-order valence-corrected chi connectivity index (χ0v) is 17.1. The van der Waals surface area contributed by atoms with Crippen molar-refractivity contribution in [3.05, 3.63) is 52.7 Å². The maximum absolute atomic E-state index is 13.9. The molecule has 0 aliphatic rings. The molecular weight excluding hydrogens is 404 g/mol. The Labute approximate surface area is 183 Å². The second-order valence-electron chi connectivity index (χ2n) is 8.50. The molecule has 7 heteroatoms. The van der Waals surface area contributed by atoms with Gasteiger partial charge in [-0.15, -0.1) is 0 Å². The smallest absolute Gasteiger partial charge is 0.256 e. The van der Waals surface area contributed by atoms with Gasteiger partial charge in [-0.1, -0.05) is 32.9 Å². The summed E-state index contributed by atoms with van der Waals surface area (Å²) in [6.07, 6.45) is -15.9. The molecule has 0 radical (unpaired) electrons. The Bertz CT molecular complexity index is 1160. The third-order valence-corrected chi connectivity index (χ3v) is 4.39. The highest BCUT2D eigenvalue weighted by Gasteiger charge is 2.50. The van der Waals surface area contributed by atoms with Gasteiger partial charge in [0.05, 0.1) is 17.5 Å². The quantitative estimate of drug-likeness (QED) is 0.448. The molecule has 30 heavy (non-hydrogen) atoms. The first kappa shape index (κ1) is 15.7. The first-order chi connectivity index (χ1) is 16.2. The first-order valence-corrected chi connectivity index (χ1v) is 8.97. The van der Waals surface area contributed by atoms with Crippen molar-refractivity contribution in [2.45, 2.75) is 72.0 Å². The Hall–Kier alpha value is -2.05. The molecule has 1 nitrogen and oxygen atoms in total. The van der Waals surface area contributed by atoms with E-state index in [2.05, 4.69) is 4.98 Å². The number of aromatic nitrogens is 1. The lowest BCUT2D eigenvalue weighted by atomic mass is 9.79.